The summed E-state index contributed by atoms with van der Waals surface area (Å²) in [4.78, 5) is 28.0. The van der Waals surface area contributed by atoms with E-state index in [0.717, 1.165) is 38.2 Å². The van der Waals surface area contributed by atoms with Crippen LogP contribution in [0.15, 0.2) is 36.4 Å². The Labute approximate surface area is 196 Å². The lowest BCUT2D eigenvalue weighted by molar-refractivity contribution is -0.384. The molecule has 176 valence electrons. The van der Waals surface area contributed by atoms with E-state index < -0.39 is 4.92 Å². The standard InChI is InChI=1S/C25H33N5O3/c1-5-28(6-2)12-7-13-29(17-22-10-8-21(16-26)9-11-22)18-24(31)27-25-19(3)14-23(30(32)33)15-20(25)4/h8-11,14-15H,5-7,12-13,17-18H2,1-4H3,(H,27,31). The SMILES string of the molecule is CCN(CC)CCCN(CC(=O)Nc1c(C)cc([N+](=O)[O-])cc1C)Cc1ccc(C#N)cc1. The Balaban J connectivity index is 2.10. The third-order valence-electron chi connectivity index (χ3n) is 5.69. The van der Waals surface area contributed by atoms with Crippen molar-refractivity contribution in [2.24, 2.45) is 0 Å². The molecule has 8 heteroatoms. The molecule has 0 unspecified atom stereocenters. The second-order valence-corrected chi connectivity index (χ2v) is 8.16. The highest BCUT2D eigenvalue weighted by atomic mass is 16.6. The van der Waals surface area contributed by atoms with Crippen molar-refractivity contribution >= 4 is 17.3 Å². The van der Waals surface area contributed by atoms with Gasteiger partial charge in [-0.3, -0.25) is 19.8 Å². The zero-order chi connectivity index (χ0) is 24.4. The van der Waals surface area contributed by atoms with Crippen LogP contribution in [0, 0.1) is 35.3 Å². The lowest BCUT2D eigenvalue weighted by Crippen LogP contribution is -2.35. The first-order chi connectivity index (χ1) is 15.8. The van der Waals surface area contributed by atoms with Crippen LogP contribution >= 0.6 is 0 Å². The van der Waals surface area contributed by atoms with Gasteiger partial charge < -0.3 is 10.2 Å². The lowest BCUT2D eigenvalue weighted by Gasteiger charge is -2.24. The monoisotopic (exact) mass is 451 g/mol. The van der Waals surface area contributed by atoms with Crippen LogP contribution in [0.4, 0.5) is 11.4 Å². The Bertz CT molecular complexity index is 971. The highest BCUT2D eigenvalue weighted by Crippen LogP contribution is 2.26. The van der Waals surface area contributed by atoms with Gasteiger partial charge >= 0.3 is 0 Å². The van der Waals surface area contributed by atoms with E-state index in [1.54, 1.807) is 26.0 Å². The minimum atomic E-state index is -0.430. The molecule has 0 aliphatic rings. The average Bonchev–Trinajstić information content (AvgIpc) is 2.79. The molecule has 0 aliphatic carbocycles. The first-order valence-electron chi connectivity index (χ1n) is 11.3. The van der Waals surface area contributed by atoms with Crippen LogP contribution in [0.1, 0.15) is 42.5 Å². The van der Waals surface area contributed by atoms with Crippen molar-refractivity contribution < 1.29 is 9.72 Å². The topological polar surface area (TPSA) is 103 Å². The molecule has 0 radical (unpaired) electrons. The molecule has 33 heavy (non-hydrogen) atoms. The minimum Gasteiger partial charge on any atom is -0.324 e. The van der Waals surface area contributed by atoms with E-state index in [1.807, 2.05) is 12.1 Å². The van der Waals surface area contributed by atoms with Crippen molar-refractivity contribution in [2.75, 3.05) is 38.0 Å². The van der Waals surface area contributed by atoms with E-state index >= 15 is 0 Å². The molecule has 0 fully saturated rings. The first kappa shape index (κ1) is 26.0. The highest BCUT2D eigenvalue weighted by molar-refractivity contribution is 5.94. The minimum absolute atomic E-state index is 0.0156. The Morgan fingerprint density at radius 2 is 1.64 bits per heavy atom. The van der Waals surface area contributed by atoms with Gasteiger partial charge in [-0.2, -0.15) is 5.26 Å². The van der Waals surface area contributed by atoms with Crippen molar-refractivity contribution in [2.45, 2.75) is 40.7 Å². The first-order valence-corrected chi connectivity index (χ1v) is 11.3. The zero-order valence-electron chi connectivity index (χ0n) is 19.9. The summed E-state index contributed by atoms with van der Waals surface area (Å²) < 4.78 is 0. The zero-order valence-corrected chi connectivity index (χ0v) is 19.9. The third kappa shape index (κ3) is 7.97. The Morgan fingerprint density at radius 3 is 2.15 bits per heavy atom. The fourth-order valence-electron chi connectivity index (χ4n) is 3.84. The summed E-state index contributed by atoms with van der Waals surface area (Å²) in [6.45, 7) is 12.3. The van der Waals surface area contributed by atoms with Gasteiger partial charge in [0.25, 0.3) is 5.69 Å². The summed E-state index contributed by atoms with van der Waals surface area (Å²) in [5, 5.41) is 23.0. The van der Waals surface area contributed by atoms with Gasteiger partial charge in [-0.1, -0.05) is 26.0 Å². The van der Waals surface area contributed by atoms with E-state index in [4.69, 9.17) is 5.26 Å². The fraction of sp³-hybridized carbons (Fsp3) is 0.440. The van der Waals surface area contributed by atoms with Crippen LogP contribution in [0.2, 0.25) is 0 Å². The second-order valence-electron chi connectivity index (χ2n) is 8.16. The van der Waals surface area contributed by atoms with Gasteiger partial charge in [0.15, 0.2) is 0 Å². The van der Waals surface area contributed by atoms with Crippen LogP contribution in [0.3, 0.4) is 0 Å². The Morgan fingerprint density at radius 1 is 1.06 bits per heavy atom. The molecule has 2 rings (SSSR count). The van der Waals surface area contributed by atoms with Crippen molar-refractivity contribution in [3.05, 3.63) is 68.8 Å². The molecule has 0 spiro atoms. The Kier molecular flexibility index (Phi) is 9.98. The number of hydrogen-bond donors (Lipinski definition) is 1. The number of nitro groups is 1. The summed E-state index contributed by atoms with van der Waals surface area (Å²) >= 11 is 0. The number of nitrogens with one attached hydrogen (secondary N) is 1. The maximum absolute atomic E-state index is 12.9. The number of non-ortho nitro benzene ring substituents is 1. The molecule has 2 aromatic carbocycles. The maximum atomic E-state index is 12.9. The van der Waals surface area contributed by atoms with Gasteiger partial charge in [-0.25, -0.2) is 0 Å². The van der Waals surface area contributed by atoms with Crippen LogP contribution < -0.4 is 5.32 Å². The van der Waals surface area contributed by atoms with E-state index in [9.17, 15) is 14.9 Å². The van der Waals surface area contributed by atoms with Gasteiger partial charge in [-0.15, -0.1) is 0 Å². The molecular weight excluding hydrogens is 418 g/mol. The van der Waals surface area contributed by atoms with Gasteiger partial charge in [-0.05, 0) is 68.7 Å². The van der Waals surface area contributed by atoms with Gasteiger partial charge in [0, 0.05) is 30.9 Å². The average molecular weight is 452 g/mol. The maximum Gasteiger partial charge on any atom is 0.270 e. The summed E-state index contributed by atoms with van der Waals surface area (Å²) in [6, 6.07) is 12.5. The van der Waals surface area contributed by atoms with Gasteiger partial charge in [0.2, 0.25) is 5.91 Å². The van der Waals surface area contributed by atoms with Crippen LogP contribution in [-0.4, -0.2) is 53.4 Å². The van der Waals surface area contributed by atoms with Crippen molar-refractivity contribution in [3.8, 4) is 6.07 Å². The molecule has 0 saturated heterocycles. The smallest absolute Gasteiger partial charge is 0.270 e. The molecule has 2 aromatic rings. The number of hydrogen-bond acceptors (Lipinski definition) is 6. The summed E-state index contributed by atoms with van der Waals surface area (Å²) in [5.41, 5.74) is 3.60. The number of aryl methyl sites for hydroxylation is 2. The number of benzene rings is 2. The molecular formula is C25H33N5O3. The van der Waals surface area contributed by atoms with Crippen LogP contribution in [0.5, 0.6) is 0 Å². The van der Waals surface area contributed by atoms with E-state index in [0.29, 0.717) is 28.9 Å². The molecule has 8 nitrogen and oxygen atoms in total. The predicted octanol–water partition coefficient (Wildman–Crippen LogP) is 4.26. The molecule has 1 N–H and O–H groups in total. The van der Waals surface area contributed by atoms with Gasteiger partial charge in [0.1, 0.15) is 0 Å². The van der Waals surface area contributed by atoms with E-state index in [-0.39, 0.29) is 18.1 Å². The molecule has 0 aliphatic heterocycles. The molecule has 0 bridgehead atoms. The number of rotatable bonds is 12. The number of nitrogens with zero attached hydrogens (tertiary/aromatic N) is 4. The molecule has 0 aromatic heterocycles. The molecule has 1 amide bonds. The quantitative estimate of drug-likeness (QED) is 0.382. The molecule has 0 heterocycles. The number of amides is 1. The van der Waals surface area contributed by atoms with Gasteiger partial charge in [0.05, 0.1) is 23.1 Å². The predicted molar refractivity (Wildman–Crippen MR) is 130 cm³/mol. The number of nitro benzene ring substituents is 1. The van der Waals surface area contributed by atoms with Crippen LogP contribution in [0.25, 0.3) is 0 Å². The highest BCUT2D eigenvalue weighted by Gasteiger charge is 2.17. The Hall–Kier alpha value is -3.28. The number of carbonyl (C=O) groups excluding carboxylic acids is 1. The summed E-state index contributed by atoms with van der Waals surface area (Å²) in [5.74, 6) is -0.161. The third-order valence-corrected chi connectivity index (χ3v) is 5.69. The largest absolute Gasteiger partial charge is 0.324 e. The summed E-state index contributed by atoms with van der Waals surface area (Å²) in [7, 11) is 0. The number of nitriles is 1. The number of carbonyl (C=O) groups is 1. The molecule has 0 saturated carbocycles. The van der Waals surface area contributed by atoms with E-state index in [2.05, 4.69) is 35.0 Å². The van der Waals surface area contributed by atoms with Crippen molar-refractivity contribution in [3.63, 3.8) is 0 Å². The fourth-order valence-corrected chi connectivity index (χ4v) is 3.84. The van der Waals surface area contributed by atoms with Crippen LogP contribution in [-0.2, 0) is 11.3 Å². The number of anilines is 1. The molecule has 0 atom stereocenters. The van der Waals surface area contributed by atoms with Crippen molar-refractivity contribution in [1.82, 2.24) is 9.80 Å². The second kappa shape index (κ2) is 12.7. The summed E-state index contributed by atoms with van der Waals surface area (Å²) in [6.07, 6.45) is 0.931. The lowest BCUT2D eigenvalue weighted by atomic mass is 10.1. The normalized spacial score (nSPS) is 10.9. The van der Waals surface area contributed by atoms with Crippen molar-refractivity contribution in [1.29, 1.82) is 5.26 Å². The van der Waals surface area contributed by atoms with E-state index in [1.165, 1.54) is 12.1 Å².